The number of hydrogen-bond acceptors (Lipinski definition) is 1. The average molecular weight is 269 g/mol. The number of alkyl halides is 3. The summed E-state index contributed by atoms with van der Waals surface area (Å²) in [7, 11) is 0. The Morgan fingerprint density at radius 1 is 1.11 bits per heavy atom. The van der Waals surface area contributed by atoms with Gasteiger partial charge in [0.15, 0.2) is 0 Å². The van der Waals surface area contributed by atoms with Crippen LogP contribution in [0.25, 0.3) is 0 Å². The molecule has 0 heterocycles. The summed E-state index contributed by atoms with van der Waals surface area (Å²) in [4.78, 5) is 0. The zero-order chi connectivity index (χ0) is 14.7. The first-order chi connectivity index (χ1) is 8.80. The van der Waals surface area contributed by atoms with Crippen molar-refractivity contribution >= 4 is 0 Å². The Labute approximate surface area is 112 Å². The van der Waals surface area contributed by atoms with Gasteiger partial charge >= 0.3 is 6.18 Å². The second-order valence-corrected chi connectivity index (χ2v) is 4.82. The lowest BCUT2D eigenvalue weighted by molar-refractivity contribution is -0.137. The van der Waals surface area contributed by atoms with Gasteiger partial charge in [0.2, 0.25) is 0 Å². The quantitative estimate of drug-likeness (QED) is 0.742. The molecule has 1 aromatic carbocycles. The zero-order valence-corrected chi connectivity index (χ0v) is 11.4. The Bertz CT molecular complexity index is 450. The predicted molar refractivity (Wildman–Crippen MR) is 68.5 cm³/mol. The van der Waals surface area contributed by atoms with Crippen molar-refractivity contribution in [2.75, 3.05) is 0 Å². The van der Waals surface area contributed by atoms with Crippen molar-refractivity contribution < 1.29 is 13.2 Å². The first kappa shape index (κ1) is 15.6. The van der Waals surface area contributed by atoms with E-state index >= 15 is 0 Å². The van der Waals surface area contributed by atoms with E-state index in [0.717, 1.165) is 17.7 Å². The number of hydrogen-bond donors (Lipinski definition) is 0. The minimum atomic E-state index is -4.32. The Kier molecular flexibility index (Phi) is 4.62. The normalized spacial score (nSPS) is 13.9. The molecule has 0 N–H and O–H groups in total. The van der Waals surface area contributed by atoms with E-state index in [1.54, 1.807) is 0 Å². The summed E-state index contributed by atoms with van der Waals surface area (Å²) in [6.07, 6.45) is -2.95. The van der Waals surface area contributed by atoms with E-state index < -0.39 is 17.2 Å². The highest BCUT2D eigenvalue weighted by atomic mass is 19.4. The molecule has 1 unspecified atom stereocenters. The summed E-state index contributed by atoms with van der Waals surface area (Å²) < 4.78 is 37.5. The van der Waals surface area contributed by atoms with Crippen LogP contribution < -0.4 is 0 Å². The Balaban J connectivity index is 3.08. The summed E-state index contributed by atoms with van der Waals surface area (Å²) in [6.45, 7) is 5.78. The van der Waals surface area contributed by atoms with Crippen LogP contribution in [0, 0.1) is 16.7 Å². The van der Waals surface area contributed by atoms with Gasteiger partial charge in [-0.2, -0.15) is 18.4 Å². The van der Waals surface area contributed by atoms with Gasteiger partial charge in [0.1, 0.15) is 0 Å². The third kappa shape index (κ3) is 3.09. The highest BCUT2D eigenvalue weighted by Gasteiger charge is 2.35. The summed E-state index contributed by atoms with van der Waals surface area (Å²) in [5, 5.41) is 9.36. The van der Waals surface area contributed by atoms with E-state index in [1.165, 1.54) is 12.1 Å². The van der Waals surface area contributed by atoms with Crippen LogP contribution in [0.4, 0.5) is 13.2 Å². The molecule has 1 atom stereocenters. The monoisotopic (exact) mass is 269 g/mol. The largest absolute Gasteiger partial charge is 0.416 e. The van der Waals surface area contributed by atoms with Gasteiger partial charge in [-0.1, -0.05) is 32.9 Å². The summed E-state index contributed by atoms with van der Waals surface area (Å²) in [6, 6.07) is 7.46. The highest BCUT2D eigenvalue weighted by molar-refractivity contribution is 5.29. The molecule has 0 amide bonds. The molecule has 0 spiro atoms. The standard InChI is InChI=1S/C15H18F3N/c1-4-14(5-2,10-19)11(3)12-6-8-13(9-7-12)15(16,17)18/h6-9,11H,4-5H2,1-3H3. The first-order valence-electron chi connectivity index (χ1n) is 6.39. The molecule has 19 heavy (non-hydrogen) atoms. The SMILES string of the molecule is CCC(C#N)(CC)C(C)c1ccc(C(F)(F)F)cc1. The Morgan fingerprint density at radius 2 is 1.58 bits per heavy atom. The number of halogens is 3. The second kappa shape index (κ2) is 5.64. The lowest BCUT2D eigenvalue weighted by atomic mass is 9.70. The van der Waals surface area contributed by atoms with Gasteiger partial charge in [0.05, 0.1) is 17.0 Å². The van der Waals surface area contributed by atoms with Crippen LogP contribution in [0.5, 0.6) is 0 Å². The summed E-state index contributed by atoms with van der Waals surface area (Å²) in [5.74, 6) is -0.0882. The van der Waals surface area contributed by atoms with Crippen molar-refractivity contribution in [1.29, 1.82) is 5.26 Å². The van der Waals surface area contributed by atoms with Crippen molar-refractivity contribution in [2.24, 2.45) is 5.41 Å². The van der Waals surface area contributed by atoms with Crippen molar-refractivity contribution in [3.8, 4) is 6.07 Å². The van der Waals surface area contributed by atoms with Crippen molar-refractivity contribution in [1.82, 2.24) is 0 Å². The summed E-state index contributed by atoms with van der Waals surface area (Å²) >= 11 is 0. The number of benzene rings is 1. The molecule has 0 saturated carbocycles. The lowest BCUT2D eigenvalue weighted by Crippen LogP contribution is -2.24. The van der Waals surface area contributed by atoms with Gasteiger partial charge in [-0.05, 0) is 36.5 Å². The van der Waals surface area contributed by atoms with Crippen LogP contribution in [0.1, 0.15) is 50.7 Å². The molecule has 1 nitrogen and oxygen atoms in total. The minimum absolute atomic E-state index is 0.0882. The molecular weight excluding hydrogens is 251 g/mol. The topological polar surface area (TPSA) is 23.8 Å². The van der Waals surface area contributed by atoms with E-state index in [2.05, 4.69) is 6.07 Å². The minimum Gasteiger partial charge on any atom is -0.198 e. The van der Waals surface area contributed by atoms with E-state index in [9.17, 15) is 18.4 Å². The summed E-state index contributed by atoms with van der Waals surface area (Å²) in [5.41, 5.74) is -0.392. The van der Waals surface area contributed by atoms with Crippen LogP contribution in [-0.4, -0.2) is 0 Å². The Morgan fingerprint density at radius 3 is 1.89 bits per heavy atom. The van der Waals surface area contributed by atoms with E-state index in [0.29, 0.717) is 12.8 Å². The third-order valence-electron chi connectivity index (χ3n) is 4.05. The zero-order valence-electron chi connectivity index (χ0n) is 11.4. The molecular formula is C15H18F3N. The smallest absolute Gasteiger partial charge is 0.198 e. The van der Waals surface area contributed by atoms with Crippen LogP contribution in [0.2, 0.25) is 0 Å². The molecule has 0 aliphatic heterocycles. The van der Waals surface area contributed by atoms with Gasteiger partial charge in [-0.25, -0.2) is 0 Å². The molecule has 4 heteroatoms. The average Bonchev–Trinajstić information content (AvgIpc) is 2.40. The molecule has 1 aromatic rings. The van der Waals surface area contributed by atoms with E-state index in [1.807, 2.05) is 20.8 Å². The van der Waals surface area contributed by atoms with Crippen molar-refractivity contribution in [3.63, 3.8) is 0 Å². The maximum atomic E-state index is 12.5. The molecule has 0 radical (unpaired) electrons. The van der Waals surface area contributed by atoms with Gasteiger partial charge in [-0.3, -0.25) is 0 Å². The lowest BCUT2D eigenvalue weighted by Gasteiger charge is -2.31. The fraction of sp³-hybridized carbons (Fsp3) is 0.533. The number of rotatable bonds is 4. The molecule has 0 aliphatic rings. The van der Waals surface area contributed by atoms with Crippen LogP contribution >= 0.6 is 0 Å². The van der Waals surface area contributed by atoms with E-state index in [-0.39, 0.29) is 5.92 Å². The fourth-order valence-electron chi connectivity index (χ4n) is 2.40. The van der Waals surface area contributed by atoms with Crippen LogP contribution in [0.15, 0.2) is 24.3 Å². The molecule has 0 aliphatic carbocycles. The van der Waals surface area contributed by atoms with Gasteiger partial charge in [0, 0.05) is 0 Å². The van der Waals surface area contributed by atoms with Gasteiger partial charge in [0.25, 0.3) is 0 Å². The predicted octanol–water partition coefficient (Wildman–Crippen LogP) is 5.14. The van der Waals surface area contributed by atoms with Crippen LogP contribution in [-0.2, 0) is 6.18 Å². The molecule has 0 fully saturated rings. The maximum absolute atomic E-state index is 12.5. The molecule has 0 saturated heterocycles. The second-order valence-electron chi connectivity index (χ2n) is 4.82. The highest BCUT2D eigenvalue weighted by Crippen LogP contribution is 2.41. The fourth-order valence-corrected chi connectivity index (χ4v) is 2.40. The first-order valence-corrected chi connectivity index (χ1v) is 6.39. The molecule has 1 rings (SSSR count). The Hall–Kier alpha value is -1.50. The van der Waals surface area contributed by atoms with E-state index in [4.69, 9.17) is 0 Å². The molecule has 0 bridgehead atoms. The third-order valence-corrected chi connectivity index (χ3v) is 4.05. The number of nitrogens with zero attached hydrogens (tertiary/aromatic N) is 1. The van der Waals surface area contributed by atoms with Crippen LogP contribution in [0.3, 0.4) is 0 Å². The van der Waals surface area contributed by atoms with Gasteiger partial charge < -0.3 is 0 Å². The maximum Gasteiger partial charge on any atom is 0.416 e. The molecule has 104 valence electrons. The number of nitriles is 1. The van der Waals surface area contributed by atoms with Crippen molar-refractivity contribution in [2.45, 2.75) is 45.7 Å². The molecule has 0 aromatic heterocycles. The van der Waals surface area contributed by atoms with Gasteiger partial charge in [-0.15, -0.1) is 0 Å². The van der Waals surface area contributed by atoms with Crippen molar-refractivity contribution in [3.05, 3.63) is 35.4 Å².